The number of nitrogens with zero attached hydrogens (tertiary/aromatic N) is 1. The topological polar surface area (TPSA) is 41.6 Å². The predicted molar refractivity (Wildman–Crippen MR) is 89.4 cm³/mol. The Morgan fingerprint density at radius 1 is 1.45 bits per heavy atom. The average Bonchev–Trinajstić information content (AvgIpc) is 2.48. The second-order valence-electron chi connectivity index (χ2n) is 5.83. The van der Waals surface area contributed by atoms with Gasteiger partial charge in [-0.1, -0.05) is 23.7 Å². The number of halogens is 1. The molecule has 1 heterocycles. The van der Waals surface area contributed by atoms with E-state index in [1.165, 1.54) is 0 Å². The van der Waals surface area contributed by atoms with E-state index in [-0.39, 0.29) is 12.1 Å². The van der Waals surface area contributed by atoms with Gasteiger partial charge >= 0.3 is 6.03 Å². The van der Waals surface area contributed by atoms with E-state index in [2.05, 4.69) is 5.32 Å². The van der Waals surface area contributed by atoms with E-state index in [1.54, 1.807) is 0 Å². The normalized spacial score (nSPS) is 17.3. The van der Waals surface area contributed by atoms with Crippen LogP contribution in [-0.4, -0.2) is 42.8 Å². The Bertz CT molecular complexity index is 487. The van der Waals surface area contributed by atoms with Crippen molar-refractivity contribution in [1.29, 1.82) is 0 Å². The summed E-state index contributed by atoms with van der Waals surface area (Å²) in [6.45, 7) is 6.30. The van der Waals surface area contributed by atoms with Crippen LogP contribution in [-0.2, 0) is 11.2 Å². The number of hydrogen-bond donors (Lipinski definition) is 1. The zero-order valence-electron chi connectivity index (χ0n) is 13.3. The smallest absolute Gasteiger partial charge is 0.317 e. The van der Waals surface area contributed by atoms with Crippen LogP contribution < -0.4 is 5.32 Å². The Morgan fingerprint density at radius 2 is 2.18 bits per heavy atom. The largest absolute Gasteiger partial charge is 0.378 e. The SMILES string of the molecule is CCOC1CCN(C(=O)N[C@@H](C)Cc2cccc(Cl)c2)CC1. The summed E-state index contributed by atoms with van der Waals surface area (Å²) in [5.41, 5.74) is 1.13. The first-order valence-corrected chi connectivity index (χ1v) is 8.37. The van der Waals surface area contributed by atoms with Crippen LogP contribution in [0.2, 0.25) is 5.02 Å². The molecule has 1 aromatic carbocycles. The number of carbonyl (C=O) groups excluding carboxylic acids is 1. The Kier molecular flexibility index (Phi) is 6.52. The van der Waals surface area contributed by atoms with E-state index >= 15 is 0 Å². The number of carbonyl (C=O) groups is 1. The Labute approximate surface area is 137 Å². The number of rotatable bonds is 5. The summed E-state index contributed by atoms with van der Waals surface area (Å²) in [7, 11) is 0. The molecular formula is C17H25ClN2O2. The van der Waals surface area contributed by atoms with Crippen LogP contribution in [0.3, 0.4) is 0 Å². The molecule has 2 rings (SSSR count). The molecule has 0 aromatic heterocycles. The van der Waals surface area contributed by atoms with Crippen LogP contribution in [0, 0.1) is 0 Å². The predicted octanol–water partition coefficient (Wildman–Crippen LogP) is 3.48. The van der Waals surface area contributed by atoms with Gasteiger partial charge in [-0.2, -0.15) is 0 Å². The van der Waals surface area contributed by atoms with E-state index in [0.717, 1.165) is 49.5 Å². The molecule has 122 valence electrons. The molecule has 0 spiro atoms. The minimum atomic E-state index is 0.0180. The molecule has 1 saturated heterocycles. The van der Waals surface area contributed by atoms with Gasteiger partial charge in [0.15, 0.2) is 0 Å². The van der Waals surface area contributed by atoms with Crippen molar-refractivity contribution in [3.63, 3.8) is 0 Å². The van der Waals surface area contributed by atoms with Gasteiger partial charge in [0.05, 0.1) is 6.10 Å². The summed E-state index contributed by atoms with van der Waals surface area (Å²) in [6.07, 6.45) is 2.92. The van der Waals surface area contributed by atoms with Gasteiger partial charge in [0.25, 0.3) is 0 Å². The molecule has 0 aliphatic carbocycles. The molecule has 0 bridgehead atoms. The Hall–Kier alpha value is -1.26. The van der Waals surface area contributed by atoms with Crippen molar-refractivity contribution in [2.24, 2.45) is 0 Å². The highest BCUT2D eigenvalue weighted by atomic mass is 35.5. The van der Waals surface area contributed by atoms with Gasteiger partial charge in [-0.15, -0.1) is 0 Å². The van der Waals surface area contributed by atoms with Crippen LogP contribution >= 0.6 is 11.6 Å². The van der Waals surface area contributed by atoms with Crippen LogP contribution in [0.15, 0.2) is 24.3 Å². The number of ether oxygens (including phenoxy) is 1. The number of nitrogens with one attached hydrogen (secondary N) is 1. The lowest BCUT2D eigenvalue weighted by Gasteiger charge is -2.32. The van der Waals surface area contributed by atoms with Gasteiger partial charge in [0.2, 0.25) is 0 Å². The molecule has 4 nitrogen and oxygen atoms in total. The quantitative estimate of drug-likeness (QED) is 0.901. The van der Waals surface area contributed by atoms with Gasteiger partial charge in [-0.05, 0) is 50.8 Å². The summed E-state index contributed by atoms with van der Waals surface area (Å²) in [5.74, 6) is 0. The summed E-state index contributed by atoms with van der Waals surface area (Å²) >= 11 is 5.99. The van der Waals surface area contributed by atoms with E-state index in [4.69, 9.17) is 16.3 Å². The molecule has 0 unspecified atom stereocenters. The lowest BCUT2D eigenvalue weighted by Crippen LogP contribution is -2.48. The van der Waals surface area contributed by atoms with Crippen LogP contribution in [0.5, 0.6) is 0 Å². The third kappa shape index (κ3) is 5.18. The summed E-state index contributed by atoms with van der Waals surface area (Å²) in [6, 6.07) is 7.86. The van der Waals surface area contributed by atoms with Crippen molar-refractivity contribution < 1.29 is 9.53 Å². The fraction of sp³-hybridized carbons (Fsp3) is 0.588. The Balaban J connectivity index is 1.77. The second kappa shape index (κ2) is 8.39. The second-order valence-corrected chi connectivity index (χ2v) is 6.26. The average molecular weight is 325 g/mol. The monoisotopic (exact) mass is 324 g/mol. The molecule has 1 atom stereocenters. The molecule has 2 amide bonds. The highest BCUT2D eigenvalue weighted by Crippen LogP contribution is 2.15. The zero-order valence-corrected chi connectivity index (χ0v) is 14.1. The molecule has 1 aromatic rings. The van der Waals surface area contributed by atoms with E-state index in [1.807, 2.05) is 43.0 Å². The third-order valence-electron chi connectivity index (χ3n) is 3.93. The standard InChI is InChI=1S/C17H25ClN2O2/c1-3-22-16-7-9-20(10-8-16)17(21)19-13(2)11-14-5-4-6-15(18)12-14/h4-6,12-13,16H,3,7-11H2,1-2H3,(H,19,21)/t13-/m0/s1. The first-order valence-electron chi connectivity index (χ1n) is 8.00. The fourth-order valence-corrected chi connectivity index (χ4v) is 3.04. The van der Waals surface area contributed by atoms with Gasteiger partial charge in [-0.3, -0.25) is 0 Å². The van der Waals surface area contributed by atoms with Gasteiger partial charge in [0.1, 0.15) is 0 Å². The summed E-state index contributed by atoms with van der Waals surface area (Å²) in [5, 5.41) is 3.80. The lowest BCUT2D eigenvalue weighted by atomic mass is 10.1. The van der Waals surface area contributed by atoms with Gasteiger partial charge in [-0.25, -0.2) is 4.79 Å². The molecular weight excluding hydrogens is 300 g/mol. The minimum absolute atomic E-state index is 0.0180. The first kappa shape index (κ1) is 17.1. The van der Waals surface area contributed by atoms with Crippen molar-refractivity contribution in [3.8, 4) is 0 Å². The van der Waals surface area contributed by atoms with Crippen molar-refractivity contribution in [3.05, 3.63) is 34.9 Å². The lowest BCUT2D eigenvalue weighted by molar-refractivity contribution is 0.0218. The fourth-order valence-electron chi connectivity index (χ4n) is 2.83. The number of hydrogen-bond acceptors (Lipinski definition) is 2. The molecule has 5 heteroatoms. The zero-order chi connectivity index (χ0) is 15.9. The third-order valence-corrected chi connectivity index (χ3v) is 4.17. The maximum Gasteiger partial charge on any atom is 0.317 e. The van der Waals surface area contributed by atoms with Crippen LogP contribution in [0.25, 0.3) is 0 Å². The maximum absolute atomic E-state index is 12.3. The summed E-state index contributed by atoms with van der Waals surface area (Å²) in [4.78, 5) is 14.2. The molecule has 1 aliphatic rings. The van der Waals surface area contributed by atoms with E-state index < -0.39 is 0 Å². The van der Waals surface area contributed by atoms with E-state index in [0.29, 0.717) is 6.10 Å². The minimum Gasteiger partial charge on any atom is -0.378 e. The van der Waals surface area contributed by atoms with Crippen molar-refractivity contribution in [2.75, 3.05) is 19.7 Å². The molecule has 0 saturated carbocycles. The van der Waals surface area contributed by atoms with Crippen LogP contribution in [0.1, 0.15) is 32.3 Å². The first-order chi connectivity index (χ1) is 10.6. The number of likely N-dealkylation sites (tertiary alicyclic amines) is 1. The number of urea groups is 1. The van der Waals surface area contributed by atoms with E-state index in [9.17, 15) is 4.79 Å². The summed E-state index contributed by atoms with van der Waals surface area (Å²) < 4.78 is 5.61. The van der Waals surface area contributed by atoms with Crippen molar-refractivity contribution >= 4 is 17.6 Å². The van der Waals surface area contributed by atoms with Gasteiger partial charge < -0.3 is 15.0 Å². The Morgan fingerprint density at radius 3 is 2.82 bits per heavy atom. The van der Waals surface area contributed by atoms with Crippen LogP contribution in [0.4, 0.5) is 4.79 Å². The van der Waals surface area contributed by atoms with Crippen molar-refractivity contribution in [2.45, 2.75) is 45.3 Å². The number of piperidine rings is 1. The molecule has 0 radical (unpaired) electrons. The van der Waals surface area contributed by atoms with Gasteiger partial charge in [0, 0.05) is 30.8 Å². The highest BCUT2D eigenvalue weighted by molar-refractivity contribution is 6.30. The molecule has 1 aliphatic heterocycles. The maximum atomic E-state index is 12.3. The highest BCUT2D eigenvalue weighted by Gasteiger charge is 2.23. The molecule has 22 heavy (non-hydrogen) atoms. The molecule has 1 fully saturated rings. The number of benzene rings is 1. The number of amides is 2. The van der Waals surface area contributed by atoms with Crippen molar-refractivity contribution in [1.82, 2.24) is 10.2 Å². The molecule has 1 N–H and O–H groups in total.